The van der Waals surface area contributed by atoms with E-state index in [0.29, 0.717) is 22.8 Å². The van der Waals surface area contributed by atoms with Gasteiger partial charge in [0.05, 0.1) is 22.1 Å². The van der Waals surface area contributed by atoms with Crippen LogP contribution < -0.4 is 10.3 Å². The Morgan fingerprint density at radius 2 is 1.76 bits per heavy atom. The molecule has 34 heavy (non-hydrogen) atoms. The summed E-state index contributed by atoms with van der Waals surface area (Å²) < 4.78 is 7.34. The van der Waals surface area contributed by atoms with Crippen LogP contribution in [0.3, 0.4) is 0 Å². The number of hydrogen-bond acceptors (Lipinski definition) is 4. The zero-order valence-corrected chi connectivity index (χ0v) is 19.6. The summed E-state index contributed by atoms with van der Waals surface area (Å²) in [6.07, 6.45) is 7.25. The van der Waals surface area contributed by atoms with E-state index >= 15 is 0 Å². The topological polar surface area (TPSA) is 56.5 Å². The molecule has 0 atom stereocenters. The first-order valence-corrected chi connectivity index (χ1v) is 12.1. The summed E-state index contributed by atoms with van der Waals surface area (Å²) in [4.78, 5) is 18.2. The minimum Gasteiger partial charge on any atom is -0.487 e. The van der Waals surface area contributed by atoms with Gasteiger partial charge in [-0.2, -0.15) is 9.78 Å². The number of hydrogen-bond donors (Lipinski definition) is 0. The van der Waals surface area contributed by atoms with Crippen molar-refractivity contribution < 1.29 is 4.74 Å². The maximum atomic E-state index is 13.3. The number of nitrogens with zero attached hydrogens (tertiary/aromatic N) is 3. The fourth-order valence-corrected chi connectivity index (χ4v) is 4.70. The summed E-state index contributed by atoms with van der Waals surface area (Å²) >= 11 is 6.47. The third-order valence-corrected chi connectivity index (χ3v) is 6.56. The highest BCUT2D eigenvalue weighted by atomic mass is 35.5. The smallest absolute Gasteiger partial charge is 0.282 e. The molecule has 0 unspecified atom stereocenters. The van der Waals surface area contributed by atoms with Gasteiger partial charge in [0.25, 0.3) is 5.56 Å². The second-order valence-corrected chi connectivity index (χ2v) is 9.05. The van der Waals surface area contributed by atoms with Crippen molar-refractivity contribution in [1.29, 1.82) is 0 Å². The summed E-state index contributed by atoms with van der Waals surface area (Å²) in [5.41, 5.74) is 2.44. The number of para-hydroxylation sites is 1. The van der Waals surface area contributed by atoms with Crippen molar-refractivity contribution in [2.24, 2.45) is 5.10 Å². The molecule has 1 aliphatic carbocycles. The van der Waals surface area contributed by atoms with E-state index in [4.69, 9.17) is 21.3 Å². The molecule has 5 nitrogen and oxygen atoms in total. The highest BCUT2D eigenvalue weighted by molar-refractivity contribution is 6.32. The molecule has 1 aliphatic rings. The summed E-state index contributed by atoms with van der Waals surface area (Å²) in [6.45, 7) is 0.441. The first-order chi connectivity index (χ1) is 16.7. The van der Waals surface area contributed by atoms with Crippen molar-refractivity contribution in [3.05, 3.63) is 105 Å². The van der Waals surface area contributed by atoms with Gasteiger partial charge in [-0.15, -0.1) is 0 Å². The van der Waals surface area contributed by atoms with E-state index < -0.39 is 0 Å². The molecule has 0 saturated heterocycles. The molecular weight excluding hydrogens is 446 g/mol. The standard InChI is InChI=1S/C28H26ClN3O2/c29-24-17-21(15-16-26(24)34-19-20-9-3-1-4-10-20)18-30-32-27(22-11-5-2-6-12-22)31-25-14-8-7-13-23(25)28(32)33/h1,3-4,7-10,13-18,22H,2,5-6,11-12,19H2. The van der Waals surface area contributed by atoms with E-state index in [0.717, 1.165) is 48.2 Å². The Balaban J connectivity index is 1.43. The van der Waals surface area contributed by atoms with Gasteiger partial charge >= 0.3 is 0 Å². The predicted molar refractivity (Wildman–Crippen MR) is 137 cm³/mol. The number of benzene rings is 3. The second-order valence-electron chi connectivity index (χ2n) is 8.65. The van der Waals surface area contributed by atoms with Crippen LogP contribution in [0.4, 0.5) is 0 Å². The lowest BCUT2D eigenvalue weighted by atomic mass is 9.88. The highest BCUT2D eigenvalue weighted by Gasteiger charge is 2.22. The van der Waals surface area contributed by atoms with Crippen LogP contribution >= 0.6 is 11.6 Å². The monoisotopic (exact) mass is 471 g/mol. The SMILES string of the molecule is O=c1c2ccccc2nc(C2CCCCC2)n1N=Cc1ccc(OCc2ccccc2)c(Cl)c1. The lowest BCUT2D eigenvalue weighted by Gasteiger charge is -2.22. The minimum atomic E-state index is -0.142. The minimum absolute atomic E-state index is 0.142. The van der Waals surface area contributed by atoms with Crippen LogP contribution in [0.2, 0.25) is 5.02 Å². The van der Waals surface area contributed by atoms with E-state index in [1.54, 1.807) is 18.3 Å². The van der Waals surface area contributed by atoms with Crippen LogP contribution in [0.5, 0.6) is 5.75 Å². The van der Waals surface area contributed by atoms with Crippen LogP contribution in [0.1, 0.15) is 55.0 Å². The number of ether oxygens (including phenoxy) is 1. The Kier molecular flexibility index (Phi) is 6.72. The van der Waals surface area contributed by atoms with Gasteiger partial charge < -0.3 is 4.74 Å². The van der Waals surface area contributed by atoms with Crippen molar-refractivity contribution in [2.75, 3.05) is 0 Å². The number of aromatic nitrogens is 2. The highest BCUT2D eigenvalue weighted by Crippen LogP contribution is 2.32. The quantitative estimate of drug-likeness (QED) is 0.299. The molecule has 172 valence electrons. The van der Waals surface area contributed by atoms with E-state index in [2.05, 4.69) is 5.10 Å². The molecule has 1 aromatic heterocycles. The van der Waals surface area contributed by atoms with Crippen LogP contribution in [-0.4, -0.2) is 15.9 Å². The van der Waals surface area contributed by atoms with Crippen LogP contribution in [-0.2, 0) is 6.61 Å². The Morgan fingerprint density at radius 1 is 1.00 bits per heavy atom. The van der Waals surface area contributed by atoms with Gasteiger partial charge in [0.1, 0.15) is 18.2 Å². The van der Waals surface area contributed by atoms with Gasteiger partial charge in [-0.25, -0.2) is 4.98 Å². The molecule has 0 bridgehead atoms. The normalized spacial score (nSPS) is 14.6. The molecule has 1 fully saturated rings. The van der Waals surface area contributed by atoms with E-state index in [9.17, 15) is 4.79 Å². The molecule has 5 rings (SSSR count). The number of fused-ring (bicyclic) bond motifs is 1. The van der Waals surface area contributed by atoms with Crippen molar-refractivity contribution in [2.45, 2.75) is 44.6 Å². The van der Waals surface area contributed by atoms with Gasteiger partial charge in [0.2, 0.25) is 0 Å². The molecule has 0 amide bonds. The molecule has 0 aliphatic heterocycles. The van der Waals surface area contributed by atoms with Gasteiger partial charge in [-0.05, 0) is 54.3 Å². The van der Waals surface area contributed by atoms with Gasteiger partial charge in [-0.1, -0.05) is 73.3 Å². The van der Waals surface area contributed by atoms with Crippen molar-refractivity contribution >= 4 is 28.7 Å². The molecule has 6 heteroatoms. The first-order valence-electron chi connectivity index (χ1n) is 11.7. The largest absolute Gasteiger partial charge is 0.487 e. The zero-order chi connectivity index (χ0) is 23.3. The Labute approximate surface area is 203 Å². The molecule has 4 aromatic rings. The van der Waals surface area contributed by atoms with E-state index in [1.807, 2.05) is 60.7 Å². The average Bonchev–Trinajstić information content (AvgIpc) is 2.88. The lowest BCUT2D eigenvalue weighted by molar-refractivity contribution is 0.306. The average molecular weight is 472 g/mol. The van der Waals surface area contributed by atoms with Crippen LogP contribution in [0.15, 0.2) is 82.7 Å². The Bertz CT molecular complexity index is 1380. The predicted octanol–water partition coefficient (Wildman–Crippen LogP) is 6.56. The summed E-state index contributed by atoms with van der Waals surface area (Å²) in [5.74, 6) is 1.59. The molecular formula is C28H26ClN3O2. The van der Waals surface area contributed by atoms with Gasteiger partial charge in [0, 0.05) is 5.92 Å². The maximum absolute atomic E-state index is 13.3. The molecule has 0 spiro atoms. The lowest BCUT2D eigenvalue weighted by Crippen LogP contribution is -2.25. The molecule has 0 radical (unpaired) electrons. The second kappa shape index (κ2) is 10.2. The van der Waals surface area contributed by atoms with E-state index in [1.165, 1.54) is 11.1 Å². The number of rotatable bonds is 6. The van der Waals surface area contributed by atoms with Crippen LogP contribution in [0.25, 0.3) is 10.9 Å². The third kappa shape index (κ3) is 4.90. The molecule has 0 N–H and O–H groups in total. The molecule has 1 saturated carbocycles. The van der Waals surface area contributed by atoms with Crippen LogP contribution in [0, 0.1) is 0 Å². The van der Waals surface area contributed by atoms with Gasteiger partial charge in [0.15, 0.2) is 0 Å². The van der Waals surface area contributed by atoms with Crippen molar-refractivity contribution in [3.8, 4) is 5.75 Å². The zero-order valence-electron chi connectivity index (χ0n) is 18.9. The Hall–Kier alpha value is -3.44. The first kappa shape index (κ1) is 22.4. The maximum Gasteiger partial charge on any atom is 0.282 e. The third-order valence-electron chi connectivity index (χ3n) is 6.26. The molecule has 1 heterocycles. The van der Waals surface area contributed by atoms with Gasteiger partial charge in [-0.3, -0.25) is 4.79 Å². The fraction of sp³-hybridized carbons (Fsp3) is 0.250. The summed E-state index contributed by atoms with van der Waals surface area (Å²) in [6, 6.07) is 22.9. The van der Waals surface area contributed by atoms with Crippen molar-refractivity contribution in [1.82, 2.24) is 9.66 Å². The summed E-state index contributed by atoms with van der Waals surface area (Å²) in [5, 5.41) is 5.65. The molecule has 3 aromatic carbocycles. The number of halogens is 1. The van der Waals surface area contributed by atoms with Crippen molar-refractivity contribution in [3.63, 3.8) is 0 Å². The van der Waals surface area contributed by atoms with E-state index in [-0.39, 0.29) is 11.5 Å². The fourth-order valence-electron chi connectivity index (χ4n) is 4.45. The Morgan fingerprint density at radius 3 is 2.56 bits per heavy atom. The summed E-state index contributed by atoms with van der Waals surface area (Å²) in [7, 11) is 0.